The van der Waals surface area contributed by atoms with Crippen LogP contribution in [0.2, 0.25) is 5.02 Å². The van der Waals surface area contributed by atoms with Crippen LogP contribution >= 0.6 is 11.6 Å². The topological polar surface area (TPSA) is 80.4 Å². The van der Waals surface area contributed by atoms with E-state index in [0.29, 0.717) is 17.0 Å². The number of anilines is 1. The van der Waals surface area contributed by atoms with E-state index < -0.39 is 5.97 Å². The van der Waals surface area contributed by atoms with Gasteiger partial charge >= 0.3 is 5.97 Å². The summed E-state index contributed by atoms with van der Waals surface area (Å²) in [6.07, 6.45) is 5.92. The van der Waals surface area contributed by atoms with Crippen LogP contribution in [0.3, 0.4) is 0 Å². The van der Waals surface area contributed by atoms with Gasteiger partial charge in [-0.15, -0.1) is 0 Å². The Hall–Kier alpha value is -2.33. The third-order valence-corrected chi connectivity index (χ3v) is 5.65. The van der Waals surface area contributed by atoms with E-state index >= 15 is 0 Å². The number of carboxylic acid groups (broad SMARTS) is 1. The Morgan fingerprint density at radius 3 is 2.50 bits per heavy atom. The summed E-state index contributed by atoms with van der Waals surface area (Å²) in [5.74, 6) is -1.14. The molecule has 1 aliphatic carbocycles. The van der Waals surface area contributed by atoms with E-state index in [1.807, 2.05) is 18.2 Å². The van der Waals surface area contributed by atoms with E-state index in [0.717, 1.165) is 18.4 Å². The Bertz CT molecular complexity index is 870. The molecule has 4 nitrogen and oxygen atoms in total. The van der Waals surface area contributed by atoms with Crippen LogP contribution < -0.4 is 5.73 Å². The zero-order chi connectivity index (χ0) is 18.8. The van der Waals surface area contributed by atoms with Gasteiger partial charge in [0.25, 0.3) is 0 Å². The first kappa shape index (κ1) is 18.5. The third-order valence-electron chi connectivity index (χ3n) is 5.25. The minimum Gasteiger partial charge on any atom is -0.478 e. The predicted molar refractivity (Wildman–Crippen MR) is 103 cm³/mol. The summed E-state index contributed by atoms with van der Waals surface area (Å²) < 4.78 is 0. The molecular formula is C21H22ClNO3. The fourth-order valence-corrected chi connectivity index (χ4v) is 3.91. The van der Waals surface area contributed by atoms with Gasteiger partial charge in [0.2, 0.25) is 0 Å². The monoisotopic (exact) mass is 371 g/mol. The lowest BCUT2D eigenvalue weighted by Gasteiger charge is -2.22. The summed E-state index contributed by atoms with van der Waals surface area (Å²) in [7, 11) is 0. The van der Waals surface area contributed by atoms with Crippen molar-refractivity contribution in [2.45, 2.75) is 44.9 Å². The summed E-state index contributed by atoms with van der Waals surface area (Å²) in [4.78, 5) is 24.7. The maximum absolute atomic E-state index is 13.1. The number of aromatic carboxylic acids is 1. The Balaban J connectivity index is 2.05. The number of carbonyl (C=O) groups excluding carboxylic acids is 1. The number of hydrogen-bond donors (Lipinski definition) is 2. The smallest absolute Gasteiger partial charge is 0.336 e. The summed E-state index contributed by atoms with van der Waals surface area (Å²) in [5.41, 5.74) is 8.17. The normalized spacial score (nSPS) is 15.0. The fourth-order valence-electron chi connectivity index (χ4n) is 3.70. The van der Waals surface area contributed by atoms with Crippen molar-refractivity contribution in [3.05, 3.63) is 63.2 Å². The van der Waals surface area contributed by atoms with Crippen LogP contribution in [0.15, 0.2) is 30.3 Å². The van der Waals surface area contributed by atoms with E-state index in [-0.39, 0.29) is 27.6 Å². The molecule has 0 spiro atoms. The second-order valence-electron chi connectivity index (χ2n) is 6.91. The number of nitrogen functional groups attached to an aromatic ring is 1. The molecule has 2 aromatic rings. The van der Waals surface area contributed by atoms with Crippen LogP contribution in [-0.2, 0) is 0 Å². The zero-order valence-electron chi connectivity index (χ0n) is 14.7. The van der Waals surface area contributed by atoms with Gasteiger partial charge < -0.3 is 10.8 Å². The Kier molecular flexibility index (Phi) is 5.33. The van der Waals surface area contributed by atoms with Gasteiger partial charge in [-0.05, 0) is 48.9 Å². The van der Waals surface area contributed by atoms with Crippen molar-refractivity contribution in [2.24, 2.45) is 0 Å². The van der Waals surface area contributed by atoms with E-state index in [4.69, 9.17) is 17.3 Å². The molecule has 0 bridgehead atoms. The molecule has 1 fully saturated rings. The second kappa shape index (κ2) is 7.50. The summed E-state index contributed by atoms with van der Waals surface area (Å²) in [6.45, 7) is 1.68. The van der Waals surface area contributed by atoms with E-state index in [9.17, 15) is 14.7 Å². The number of carboxylic acids is 1. The van der Waals surface area contributed by atoms with Crippen LogP contribution in [0.25, 0.3) is 0 Å². The maximum atomic E-state index is 13.1. The number of ketones is 1. The molecule has 26 heavy (non-hydrogen) atoms. The van der Waals surface area contributed by atoms with Crippen molar-refractivity contribution in [1.29, 1.82) is 0 Å². The average Bonchev–Trinajstić information content (AvgIpc) is 2.66. The van der Waals surface area contributed by atoms with Gasteiger partial charge in [-0.2, -0.15) is 0 Å². The number of benzene rings is 2. The second-order valence-corrected chi connectivity index (χ2v) is 7.32. The number of rotatable bonds is 4. The molecule has 0 saturated heterocycles. The molecule has 3 N–H and O–H groups in total. The van der Waals surface area contributed by atoms with Gasteiger partial charge in [0.15, 0.2) is 5.78 Å². The molecule has 5 heteroatoms. The molecule has 0 unspecified atom stereocenters. The summed E-state index contributed by atoms with van der Waals surface area (Å²) in [5, 5.41) is 9.74. The number of hydrogen-bond acceptors (Lipinski definition) is 3. The number of nitrogens with two attached hydrogens (primary N) is 1. The van der Waals surface area contributed by atoms with Crippen molar-refractivity contribution >= 4 is 29.0 Å². The first-order valence-corrected chi connectivity index (χ1v) is 9.24. The Labute approximate surface area is 158 Å². The lowest BCUT2D eigenvalue weighted by atomic mass is 9.83. The van der Waals surface area contributed by atoms with Crippen LogP contribution in [0.5, 0.6) is 0 Å². The molecule has 0 amide bonds. The van der Waals surface area contributed by atoms with Gasteiger partial charge in [-0.25, -0.2) is 4.79 Å². The molecule has 3 rings (SSSR count). The van der Waals surface area contributed by atoms with Gasteiger partial charge in [0.05, 0.1) is 11.1 Å². The molecule has 1 saturated carbocycles. The maximum Gasteiger partial charge on any atom is 0.336 e. The predicted octanol–water partition coefficient (Wildman–Crippen LogP) is 5.21. The Morgan fingerprint density at radius 2 is 1.85 bits per heavy atom. The van der Waals surface area contributed by atoms with Gasteiger partial charge in [-0.3, -0.25) is 4.79 Å². The molecule has 0 aliphatic heterocycles. The van der Waals surface area contributed by atoms with Crippen LogP contribution in [-0.4, -0.2) is 16.9 Å². The molecule has 0 atom stereocenters. The highest BCUT2D eigenvalue weighted by molar-refractivity contribution is 6.33. The lowest BCUT2D eigenvalue weighted by Crippen LogP contribution is -2.15. The lowest BCUT2D eigenvalue weighted by molar-refractivity contribution is 0.0693. The highest BCUT2D eigenvalue weighted by Crippen LogP contribution is 2.34. The Morgan fingerprint density at radius 1 is 1.15 bits per heavy atom. The number of carbonyl (C=O) groups is 2. The van der Waals surface area contributed by atoms with Crippen molar-refractivity contribution < 1.29 is 14.7 Å². The zero-order valence-corrected chi connectivity index (χ0v) is 15.5. The SMILES string of the molecule is Cc1c(Cl)cc(C(=O)O)c(C(=O)c2cccc(C3CCCCC3)c2)c1N. The van der Waals surface area contributed by atoms with Crippen molar-refractivity contribution in [2.75, 3.05) is 5.73 Å². The highest BCUT2D eigenvalue weighted by Gasteiger charge is 2.25. The van der Waals surface area contributed by atoms with E-state index in [1.165, 1.54) is 25.3 Å². The standard InChI is InChI=1S/C21H22ClNO3/c1-12-17(22)11-16(21(25)26)18(19(12)23)20(24)15-9-5-8-14(10-15)13-6-3-2-4-7-13/h5,8-11,13H,2-4,6-7,23H2,1H3,(H,25,26). The van der Waals surface area contributed by atoms with Crippen molar-refractivity contribution in [3.8, 4) is 0 Å². The molecule has 2 aromatic carbocycles. The highest BCUT2D eigenvalue weighted by atomic mass is 35.5. The van der Waals surface area contributed by atoms with Gasteiger partial charge in [-0.1, -0.05) is 49.1 Å². The van der Waals surface area contributed by atoms with Gasteiger partial charge in [0, 0.05) is 16.3 Å². The molecular weight excluding hydrogens is 350 g/mol. The minimum absolute atomic E-state index is 0.0141. The van der Waals surface area contributed by atoms with E-state index in [1.54, 1.807) is 13.0 Å². The number of halogens is 1. The van der Waals surface area contributed by atoms with Crippen molar-refractivity contribution in [1.82, 2.24) is 0 Å². The molecule has 0 aromatic heterocycles. The summed E-state index contributed by atoms with van der Waals surface area (Å²) in [6, 6.07) is 8.79. The average molecular weight is 372 g/mol. The summed E-state index contributed by atoms with van der Waals surface area (Å²) >= 11 is 6.06. The van der Waals surface area contributed by atoms with Crippen LogP contribution in [0, 0.1) is 6.92 Å². The van der Waals surface area contributed by atoms with Crippen LogP contribution in [0.1, 0.15) is 75.4 Å². The first-order chi connectivity index (χ1) is 12.4. The first-order valence-electron chi connectivity index (χ1n) is 8.86. The third kappa shape index (κ3) is 3.47. The molecule has 1 aliphatic rings. The fraction of sp³-hybridized carbons (Fsp3) is 0.333. The molecule has 136 valence electrons. The van der Waals surface area contributed by atoms with Gasteiger partial charge in [0.1, 0.15) is 0 Å². The van der Waals surface area contributed by atoms with Crippen molar-refractivity contribution in [3.63, 3.8) is 0 Å². The largest absolute Gasteiger partial charge is 0.478 e. The molecule has 0 heterocycles. The van der Waals surface area contributed by atoms with Crippen LogP contribution in [0.4, 0.5) is 5.69 Å². The van der Waals surface area contributed by atoms with E-state index in [2.05, 4.69) is 0 Å². The molecule has 0 radical (unpaired) electrons. The minimum atomic E-state index is -1.22. The quantitative estimate of drug-likeness (QED) is 0.571.